The van der Waals surface area contributed by atoms with Gasteiger partial charge in [-0.05, 0) is 69.5 Å². The van der Waals surface area contributed by atoms with Crippen molar-refractivity contribution in [2.24, 2.45) is 0 Å². The maximum Gasteiger partial charge on any atom is 0.420 e. The average molecular weight is 677 g/mol. The van der Waals surface area contributed by atoms with Gasteiger partial charge in [0.05, 0.1) is 40.5 Å². The highest BCUT2D eigenvalue weighted by atomic mass is 32.2. The van der Waals surface area contributed by atoms with E-state index in [1.54, 1.807) is 0 Å². The quantitative estimate of drug-likeness (QED) is 0.386. The average Bonchev–Trinajstić information content (AvgIpc) is 3.73. The van der Waals surface area contributed by atoms with Gasteiger partial charge in [0.2, 0.25) is 5.95 Å². The van der Waals surface area contributed by atoms with E-state index in [-0.39, 0.29) is 52.2 Å². The summed E-state index contributed by atoms with van der Waals surface area (Å²) >= 11 is 0.711. The number of alkyl halides is 3. The Bertz CT molecular complexity index is 1780. The number of piperazine rings is 1. The number of hydrogen-bond acceptors (Lipinski definition) is 10. The number of hydrogen-bond donors (Lipinski definition) is 1. The molecule has 0 spiro atoms. The van der Waals surface area contributed by atoms with Crippen LogP contribution in [0.25, 0.3) is 10.6 Å². The van der Waals surface area contributed by atoms with Gasteiger partial charge in [0.1, 0.15) is 10.4 Å². The molecule has 1 aromatic carbocycles. The highest BCUT2D eigenvalue weighted by Gasteiger charge is 2.41. The Morgan fingerprint density at radius 1 is 1.09 bits per heavy atom. The zero-order chi connectivity index (χ0) is 32.5. The van der Waals surface area contributed by atoms with Crippen LogP contribution in [0.5, 0.6) is 0 Å². The zero-order valence-electron chi connectivity index (χ0n) is 25.7. The molecular formula is C31H35F3N6O4S2. The number of rotatable bonds is 6. The van der Waals surface area contributed by atoms with Gasteiger partial charge in [-0.1, -0.05) is 0 Å². The summed E-state index contributed by atoms with van der Waals surface area (Å²) in [6.07, 6.45) is -2.08. The molecule has 1 N–H and O–H groups in total. The molecule has 3 aromatic rings. The van der Waals surface area contributed by atoms with Gasteiger partial charge in [-0.3, -0.25) is 9.69 Å². The lowest BCUT2D eigenvalue weighted by Crippen LogP contribution is -2.55. The van der Waals surface area contributed by atoms with Gasteiger partial charge < -0.3 is 19.9 Å². The lowest BCUT2D eigenvalue weighted by molar-refractivity contribution is -0.137. The van der Waals surface area contributed by atoms with Crippen LogP contribution in [0.15, 0.2) is 35.4 Å². The Morgan fingerprint density at radius 3 is 2.43 bits per heavy atom. The summed E-state index contributed by atoms with van der Waals surface area (Å²) in [5, 5.41) is 3.15. The Morgan fingerprint density at radius 2 is 1.80 bits per heavy atom. The number of ether oxygens (including phenoxy) is 1. The van der Waals surface area contributed by atoms with Gasteiger partial charge in [-0.25, -0.2) is 18.4 Å². The predicted octanol–water partition coefficient (Wildman–Crippen LogP) is 5.00. The molecule has 0 bridgehead atoms. The van der Waals surface area contributed by atoms with Crippen molar-refractivity contribution in [2.45, 2.75) is 61.8 Å². The van der Waals surface area contributed by atoms with Crippen LogP contribution in [0.2, 0.25) is 0 Å². The normalized spacial score (nSPS) is 24.0. The molecule has 2 saturated heterocycles. The van der Waals surface area contributed by atoms with E-state index in [1.807, 2.05) is 12.1 Å². The van der Waals surface area contributed by atoms with Crippen LogP contribution < -0.4 is 10.2 Å². The molecule has 3 aliphatic heterocycles. The predicted molar refractivity (Wildman–Crippen MR) is 169 cm³/mol. The molecule has 5 heterocycles. The van der Waals surface area contributed by atoms with Gasteiger partial charge in [0.25, 0.3) is 5.91 Å². The number of benzene rings is 1. The molecule has 1 saturated carbocycles. The molecule has 0 radical (unpaired) electrons. The third-order valence-corrected chi connectivity index (χ3v) is 12.5. The minimum Gasteiger partial charge on any atom is -0.377 e. The van der Waals surface area contributed by atoms with Crippen LogP contribution in [-0.2, 0) is 20.8 Å². The van der Waals surface area contributed by atoms with Crippen LogP contribution in [0.4, 0.5) is 30.5 Å². The highest BCUT2D eigenvalue weighted by Crippen LogP contribution is 2.46. The van der Waals surface area contributed by atoms with E-state index < -0.39 is 33.2 Å². The first-order chi connectivity index (χ1) is 21.8. The molecule has 4 aliphatic rings. The number of amides is 1. The highest BCUT2D eigenvalue weighted by molar-refractivity contribution is 7.91. The Balaban J connectivity index is 1.24. The van der Waals surface area contributed by atoms with Crippen LogP contribution in [0, 0.1) is 0 Å². The lowest BCUT2D eigenvalue weighted by atomic mass is 10.0. The summed E-state index contributed by atoms with van der Waals surface area (Å²) in [7, 11) is -1.79. The summed E-state index contributed by atoms with van der Waals surface area (Å²) in [6, 6.07) is 7.74. The van der Waals surface area contributed by atoms with E-state index in [0.29, 0.717) is 41.2 Å². The number of nitrogens with one attached hydrogen (secondary N) is 1. The number of likely N-dealkylation sites (N-methyl/N-ethyl adjacent to an activating group) is 1. The SMILES string of the molecule is C[C@@H]1CN(c2ccc(Nc3ncc(C(F)(F)F)c(-c4cc5c(s4)C(=O)N(C4COC4)CCS5(=O)=O)n3)c(C3CC3)c2)C[C@H](C)N1C. The Hall–Kier alpha value is -3.27. The zero-order valence-corrected chi connectivity index (χ0v) is 27.3. The van der Waals surface area contributed by atoms with Crippen molar-refractivity contribution in [1.82, 2.24) is 19.8 Å². The summed E-state index contributed by atoms with van der Waals surface area (Å²) in [5.41, 5.74) is 1.28. The number of carbonyl (C=O) groups is 1. The molecule has 246 valence electrons. The maximum atomic E-state index is 14.3. The van der Waals surface area contributed by atoms with E-state index in [9.17, 15) is 26.4 Å². The molecule has 0 unspecified atom stereocenters. The number of nitrogens with zero attached hydrogens (tertiary/aromatic N) is 5. The first-order valence-corrected chi connectivity index (χ1v) is 17.8. The van der Waals surface area contributed by atoms with Crippen molar-refractivity contribution in [2.75, 3.05) is 55.9 Å². The molecule has 3 fully saturated rings. The molecule has 2 atom stereocenters. The van der Waals surface area contributed by atoms with E-state index in [1.165, 1.54) is 4.90 Å². The van der Waals surface area contributed by atoms with Crippen LogP contribution in [0.1, 0.15) is 53.4 Å². The second kappa shape index (κ2) is 11.5. The molecule has 1 aliphatic carbocycles. The third-order valence-electron chi connectivity index (χ3n) is 9.50. The number of carbonyl (C=O) groups excluding carboxylic acids is 1. The lowest BCUT2D eigenvalue weighted by Gasteiger charge is -2.43. The first-order valence-electron chi connectivity index (χ1n) is 15.4. The number of aromatic nitrogens is 2. The third kappa shape index (κ3) is 5.75. The van der Waals surface area contributed by atoms with Crippen LogP contribution in [-0.4, -0.2) is 97.9 Å². The van der Waals surface area contributed by atoms with Gasteiger partial charge in [0.15, 0.2) is 9.84 Å². The fraction of sp³-hybridized carbons (Fsp3) is 0.516. The van der Waals surface area contributed by atoms with Crippen molar-refractivity contribution >= 4 is 44.4 Å². The first kappa shape index (κ1) is 31.3. The molecule has 46 heavy (non-hydrogen) atoms. The van der Waals surface area contributed by atoms with Gasteiger partial charge in [-0.2, -0.15) is 13.2 Å². The van der Waals surface area contributed by atoms with Crippen molar-refractivity contribution in [3.05, 3.63) is 46.5 Å². The molecule has 10 nitrogen and oxygen atoms in total. The van der Waals surface area contributed by atoms with Crippen molar-refractivity contribution in [1.29, 1.82) is 0 Å². The standard InChI is InChI=1S/C31H35F3N6O4S2/c1-17-13-39(14-18(2)38(17)3)20-6-7-24(22(10-20)19-4-5-19)36-30-35-12-23(31(32,33)34)27(37-30)25-11-26-28(45-25)29(41)40(21-15-44-16-21)8-9-46(26,42)43/h6-7,10-12,17-19,21H,4-5,8-9,13-16H2,1-3H3,(H,35,36,37)/t17-,18+. The number of halogens is 3. The van der Waals surface area contributed by atoms with E-state index in [0.717, 1.165) is 43.2 Å². The number of anilines is 3. The molecule has 2 aromatic heterocycles. The number of sulfone groups is 1. The van der Waals surface area contributed by atoms with Crippen molar-refractivity contribution in [3.63, 3.8) is 0 Å². The minimum absolute atomic E-state index is 0.00369. The topological polar surface area (TPSA) is 108 Å². The fourth-order valence-electron chi connectivity index (χ4n) is 6.35. The van der Waals surface area contributed by atoms with E-state index >= 15 is 0 Å². The second-order valence-electron chi connectivity index (χ2n) is 12.7. The minimum atomic E-state index is -4.81. The molecule has 15 heteroatoms. The smallest absolute Gasteiger partial charge is 0.377 e. The summed E-state index contributed by atoms with van der Waals surface area (Å²) in [5.74, 6) is -0.579. The van der Waals surface area contributed by atoms with Crippen LogP contribution in [0.3, 0.4) is 0 Å². The largest absolute Gasteiger partial charge is 0.420 e. The second-order valence-corrected chi connectivity index (χ2v) is 15.8. The molecule has 7 rings (SSSR count). The van der Waals surface area contributed by atoms with Gasteiger partial charge in [0, 0.05) is 49.3 Å². The summed E-state index contributed by atoms with van der Waals surface area (Å²) < 4.78 is 74.3. The van der Waals surface area contributed by atoms with E-state index in [4.69, 9.17) is 4.74 Å². The summed E-state index contributed by atoms with van der Waals surface area (Å²) in [6.45, 7) is 6.76. The van der Waals surface area contributed by atoms with Crippen molar-refractivity contribution in [3.8, 4) is 10.6 Å². The molecular weight excluding hydrogens is 642 g/mol. The Kier molecular flexibility index (Phi) is 7.81. The number of thiophene rings is 1. The van der Waals surface area contributed by atoms with Crippen molar-refractivity contribution < 1.29 is 31.1 Å². The van der Waals surface area contributed by atoms with E-state index in [2.05, 4.69) is 52.0 Å². The monoisotopic (exact) mass is 676 g/mol. The maximum absolute atomic E-state index is 14.3. The van der Waals surface area contributed by atoms with Crippen LogP contribution >= 0.6 is 11.3 Å². The van der Waals surface area contributed by atoms with Gasteiger partial charge >= 0.3 is 6.18 Å². The summed E-state index contributed by atoms with van der Waals surface area (Å²) in [4.78, 5) is 27.5. The van der Waals surface area contributed by atoms with Gasteiger partial charge in [-0.15, -0.1) is 11.3 Å². The number of fused-ring (bicyclic) bond motifs is 1. The Labute approximate surface area is 269 Å². The fourth-order valence-corrected chi connectivity index (χ4v) is 9.27. The molecule has 1 amide bonds.